The third-order valence-electron chi connectivity index (χ3n) is 8.41. The zero-order chi connectivity index (χ0) is 26.2. The van der Waals surface area contributed by atoms with E-state index in [-0.39, 0.29) is 28.8 Å². The Bertz CT molecular complexity index is 1220. The Morgan fingerprint density at radius 3 is 2.24 bits per heavy atom. The normalized spacial score (nSPS) is 23.4. The summed E-state index contributed by atoms with van der Waals surface area (Å²) in [7, 11) is -2.32. The highest BCUT2D eigenvalue weighted by molar-refractivity contribution is 7.89. The van der Waals surface area contributed by atoms with Crippen LogP contribution in [0.4, 0.5) is 0 Å². The molecule has 200 valence electrons. The van der Waals surface area contributed by atoms with Crippen LogP contribution >= 0.6 is 0 Å². The molecule has 1 aromatic heterocycles. The van der Waals surface area contributed by atoms with Crippen molar-refractivity contribution in [3.05, 3.63) is 53.7 Å². The SMILES string of the molecule is Cn1c(C(=O)N2CC3CN(CCC(NC(=O)C4CCCC4)c4ccccc4)C[C@H]3C2)ccc1S(N)(=O)=O. The lowest BCUT2D eigenvalue weighted by Crippen LogP contribution is -2.37. The molecule has 0 spiro atoms. The summed E-state index contributed by atoms with van der Waals surface area (Å²) in [4.78, 5) is 30.3. The van der Waals surface area contributed by atoms with Crippen molar-refractivity contribution >= 4 is 21.8 Å². The number of hydrogen-bond donors (Lipinski definition) is 2. The standard InChI is InChI=1S/C27H37N5O4S/c1-30-24(11-12-25(30)37(28,35)36)27(34)32-17-21-15-31(16-22(21)18-32)14-13-23(19-7-3-2-4-8-19)29-26(33)20-9-5-6-10-20/h2-4,7-8,11-12,20-23H,5-6,9-10,13-18H2,1H3,(H,29,33)(H2,28,35,36)/t21-,22?,23?/m0/s1. The third kappa shape index (κ3) is 5.61. The molecule has 3 fully saturated rings. The van der Waals surface area contributed by atoms with E-state index in [1.807, 2.05) is 23.1 Å². The van der Waals surface area contributed by atoms with Crippen LogP contribution in [0.1, 0.15) is 54.2 Å². The Hall–Kier alpha value is -2.69. The lowest BCUT2D eigenvalue weighted by Gasteiger charge is -2.25. The zero-order valence-corrected chi connectivity index (χ0v) is 22.2. The van der Waals surface area contributed by atoms with Gasteiger partial charge in [0.05, 0.1) is 6.04 Å². The van der Waals surface area contributed by atoms with Crippen molar-refractivity contribution in [1.82, 2.24) is 19.7 Å². The van der Waals surface area contributed by atoms with E-state index < -0.39 is 10.0 Å². The molecule has 5 rings (SSSR count). The maximum Gasteiger partial charge on any atom is 0.270 e. The summed E-state index contributed by atoms with van der Waals surface area (Å²) < 4.78 is 24.8. The highest BCUT2D eigenvalue weighted by Gasteiger charge is 2.42. The molecular formula is C27H37N5O4S. The van der Waals surface area contributed by atoms with Gasteiger partial charge in [0.2, 0.25) is 5.91 Å². The molecule has 1 aliphatic carbocycles. The molecule has 2 amide bonds. The van der Waals surface area contributed by atoms with Gasteiger partial charge in [0, 0.05) is 45.7 Å². The molecule has 3 N–H and O–H groups in total. The minimum atomic E-state index is -3.88. The summed E-state index contributed by atoms with van der Waals surface area (Å²) in [6, 6.07) is 13.1. The number of aromatic nitrogens is 1. The predicted molar refractivity (Wildman–Crippen MR) is 140 cm³/mol. The van der Waals surface area contributed by atoms with Crippen LogP contribution in [0.2, 0.25) is 0 Å². The fraction of sp³-hybridized carbons (Fsp3) is 0.556. The van der Waals surface area contributed by atoms with Crippen LogP contribution in [0.5, 0.6) is 0 Å². The van der Waals surface area contributed by atoms with E-state index in [9.17, 15) is 18.0 Å². The number of fused-ring (bicyclic) bond motifs is 1. The Balaban J connectivity index is 1.17. The summed E-state index contributed by atoms with van der Waals surface area (Å²) in [6.07, 6.45) is 5.11. The monoisotopic (exact) mass is 527 g/mol. The first-order chi connectivity index (χ1) is 17.7. The molecule has 1 aromatic carbocycles. The molecular weight excluding hydrogens is 490 g/mol. The van der Waals surface area contributed by atoms with Crippen LogP contribution in [0.15, 0.2) is 47.5 Å². The number of primary sulfonamides is 1. The van der Waals surface area contributed by atoms with Crippen molar-refractivity contribution in [2.45, 2.75) is 43.2 Å². The van der Waals surface area contributed by atoms with Crippen molar-refractivity contribution in [2.75, 3.05) is 32.7 Å². The Morgan fingerprint density at radius 1 is 1.00 bits per heavy atom. The van der Waals surface area contributed by atoms with E-state index in [2.05, 4.69) is 22.3 Å². The summed E-state index contributed by atoms with van der Waals surface area (Å²) in [5, 5.41) is 8.53. The van der Waals surface area contributed by atoms with Gasteiger partial charge in [-0.25, -0.2) is 13.6 Å². The highest BCUT2D eigenvalue weighted by atomic mass is 32.2. The lowest BCUT2D eigenvalue weighted by atomic mass is 10.0. The number of carbonyl (C=O) groups excluding carboxylic acids is 2. The molecule has 2 aliphatic heterocycles. The topological polar surface area (TPSA) is 118 Å². The summed E-state index contributed by atoms with van der Waals surface area (Å²) in [5.41, 5.74) is 1.48. The van der Waals surface area contributed by atoms with E-state index in [0.29, 0.717) is 30.6 Å². The smallest absolute Gasteiger partial charge is 0.270 e. The number of nitrogens with one attached hydrogen (secondary N) is 1. The third-order valence-corrected chi connectivity index (χ3v) is 9.41. The van der Waals surface area contributed by atoms with E-state index in [1.165, 1.54) is 16.7 Å². The van der Waals surface area contributed by atoms with E-state index >= 15 is 0 Å². The molecule has 0 bridgehead atoms. The van der Waals surface area contributed by atoms with E-state index in [4.69, 9.17) is 5.14 Å². The molecule has 10 heteroatoms. The highest BCUT2D eigenvalue weighted by Crippen LogP contribution is 2.33. The van der Waals surface area contributed by atoms with Gasteiger partial charge < -0.3 is 19.7 Å². The van der Waals surface area contributed by atoms with Crippen LogP contribution in [-0.2, 0) is 21.9 Å². The fourth-order valence-electron chi connectivity index (χ4n) is 6.39. The first kappa shape index (κ1) is 25.9. The van der Waals surface area contributed by atoms with E-state index in [0.717, 1.165) is 57.3 Å². The van der Waals surface area contributed by atoms with Crippen LogP contribution < -0.4 is 10.5 Å². The van der Waals surface area contributed by atoms with Gasteiger partial charge in [-0.3, -0.25) is 9.59 Å². The maximum absolute atomic E-state index is 13.1. The molecule has 3 heterocycles. The predicted octanol–water partition coefficient (Wildman–Crippen LogP) is 2.11. The van der Waals surface area contributed by atoms with Gasteiger partial charge in [0.15, 0.2) is 5.03 Å². The molecule has 2 saturated heterocycles. The number of rotatable bonds is 8. The van der Waals surface area contributed by atoms with Gasteiger partial charge in [0.25, 0.3) is 15.9 Å². The molecule has 3 atom stereocenters. The number of carbonyl (C=O) groups is 2. The Kier molecular flexibility index (Phi) is 7.42. The first-order valence-electron chi connectivity index (χ1n) is 13.3. The molecule has 37 heavy (non-hydrogen) atoms. The number of amides is 2. The molecule has 2 aromatic rings. The average Bonchev–Trinajstić information content (AvgIpc) is 3.65. The van der Waals surface area contributed by atoms with Gasteiger partial charge in [-0.05, 0) is 48.8 Å². The largest absolute Gasteiger partial charge is 0.349 e. The van der Waals surface area contributed by atoms with Crippen molar-refractivity contribution in [2.24, 2.45) is 29.9 Å². The molecule has 3 aliphatic rings. The molecule has 2 unspecified atom stereocenters. The van der Waals surface area contributed by atoms with Crippen LogP contribution in [0.3, 0.4) is 0 Å². The maximum atomic E-state index is 13.1. The van der Waals surface area contributed by atoms with Crippen molar-refractivity contribution in [3.63, 3.8) is 0 Å². The average molecular weight is 528 g/mol. The van der Waals surface area contributed by atoms with Gasteiger partial charge >= 0.3 is 0 Å². The Labute approximate surface area is 219 Å². The minimum Gasteiger partial charge on any atom is -0.349 e. The van der Waals surface area contributed by atoms with Crippen LogP contribution in [-0.4, -0.2) is 67.3 Å². The first-order valence-corrected chi connectivity index (χ1v) is 14.8. The molecule has 0 radical (unpaired) electrons. The van der Waals surface area contributed by atoms with Gasteiger partial charge in [-0.15, -0.1) is 0 Å². The van der Waals surface area contributed by atoms with Crippen molar-refractivity contribution in [3.8, 4) is 0 Å². The number of likely N-dealkylation sites (tertiary alicyclic amines) is 2. The number of sulfonamides is 1. The number of benzene rings is 1. The van der Waals surface area contributed by atoms with Crippen molar-refractivity contribution in [1.29, 1.82) is 0 Å². The van der Waals surface area contributed by atoms with Gasteiger partial charge in [0.1, 0.15) is 5.69 Å². The number of hydrogen-bond acceptors (Lipinski definition) is 5. The quantitative estimate of drug-likeness (QED) is 0.545. The summed E-state index contributed by atoms with van der Waals surface area (Å²) in [6.45, 7) is 4.05. The molecule has 1 saturated carbocycles. The van der Waals surface area contributed by atoms with Crippen LogP contribution in [0.25, 0.3) is 0 Å². The summed E-state index contributed by atoms with van der Waals surface area (Å²) >= 11 is 0. The number of nitrogens with zero attached hydrogens (tertiary/aromatic N) is 3. The Morgan fingerprint density at radius 2 is 1.65 bits per heavy atom. The summed E-state index contributed by atoms with van der Waals surface area (Å²) in [5.74, 6) is 0.962. The molecule has 9 nitrogen and oxygen atoms in total. The second-order valence-corrected chi connectivity index (χ2v) is 12.4. The van der Waals surface area contributed by atoms with Gasteiger partial charge in [-0.1, -0.05) is 43.2 Å². The van der Waals surface area contributed by atoms with E-state index in [1.54, 1.807) is 7.05 Å². The second-order valence-electron chi connectivity index (χ2n) is 10.9. The second kappa shape index (κ2) is 10.6. The van der Waals surface area contributed by atoms with Crippen LogP contribution in [0, 0.1) is 17.8 Å². The lowest BCUT2D eigenvalue weighted by molar-refractivity contribution is -0.125. The zero-order valence-electron chi connectivity index (χ0n) is 21.4. The van der Waals surface area contributed by atoms with Crippen molar-refractivity contribution < 1.29 is 18.0 Å². The number of nitrogens with two attached hydrogens (primary N) is 1. The minimum absolute atomic E-state index is 0.00169. The van der Waals surface area contributed by atoms with Gasteiger partial charge in [-0.2, -0.15) is 0 Å². The fourth-order valence-corrected chi connectivity index (χ4v) is 7.13.